The van der Waals surface area contributed by atoms with Gasteiger partial charge in [-0.1, -0.05) is 29.8 Å². The lowest BCUT2D eigenvalue weighted by Crippen LogP contribution is -2.54. The number of carbonyl (C=O) groups is 3. The molecule has 8 heteroatoms. The minimum atomic E-state index is -0.820. The van der Waals surface area contributed by atoms with Gasteiger partial charge in [-0.25, -0.2) is 9.69 Å². The van der Waals surface area contributed by atoms with Crippen molar-refractivity contribution in [3.05, 3.63) is 81.6 Å². The van der Waals surface area contributed by atoms with Crippen LogP contribution in [0.5, 0.6) is 5.75 Å². The van der Waals surface area contributed by atoms with Gasteiger partial charge in [0, 0.05) is 22.1 Å². The number of rotatable bonds is 5. The van der Waals surface area contributed by atoms with Crippen LogP contribution in [0.2, 0.25) is 5.02 Å². The molecule has 1 aromatic heterocycles. The van der Waals surface area contributed by atoms with Gasteiger partial charge in [0.25, 0.3) is 11.8 Å². The van der Waals surface area contributed by atoms with Gasteiger partial charge in [0.2, 0.25) is 0 Å². The first-order valence-electron chi connectivity index (χ1n) is 10.8. The number of amides is 4. The fraction of sp³-hybridized carbons (Fsp3) is 0.192. The molecule has 0 atom stereocenters. The zero-order valence-corrected chi connectivity index (χ0v) is 20.1. The number of nitrogens with zero attached hydrogens (tertiary/aromatic N) is 2. The molecule has 34 heavy (non-hydrogen) atoms. The summed E-state index contributed by atoms with van der Waals surface area (Å²) < 4.78 is 7.60. The molecule has 0 saturated carbocycles. The SMILES string of the molecule is CCOc1ccccc1N1C(=O)NC(=O)/C(=C\c2cc(C)n(-c3cc(Cl)ccc3C)c2C)C1=O. The average Bonchev–Trinajstić information content (AvgIpc) is 3.07. The van der Waals surface area contributed by atoms with Crippen molar-refractivity contribution in [2.45, 2.75) is 27.7 Å². The molecule has 0 unspecified atom stereocenters. The van der Waals surface area contributed by atoms with E-state index in [0.29, 0.717) is 22.9 Å². The number of hydrogen-bond acceptors (Lipinski definition) is 4. The minimum Gasteiger partial charge on any atom is -0.492 e. The molecule has 0 bridgehead atoms. The number of halogens is 1. The summed E-state index contributed by atoms with van der Waals surface area (Å²) in [5.74, 6) is -1.09. The minimum absolute atomic E-state index is 0.144. The standard InChI is InChI=1S/C26H24ClN3O4/c1-5-34-23-9-7-6-8-21(23)30-25(32)20(24(31)28-26(30)33)13-18-12-16(3)29(17(18)4)22-14-19(27)11-10-15(22)2/h6-14H,5H2,1-4H3,(H,28,31,33)/b20-13+. The average molecular weight is 478 g/mol. The summed E-state index contributed by atoms with van der Waals surface area (Å²) in [4.78, 5) is 39.6. The Bertz CT molecular complexity index is 1360. The van der Waals surface area contributed by atoms with Crippen molar-refractivity contribution in [2.24, 2.45) is 0 Å². The van der Waals surface area contributed by atoms with Gasteiger partial charge in [-0.05, 0) is 75.2 Å². The van der Waals surface area contributed by atoms with E-state index < -0.39 is 17.8 Å². The van der Waals surface area contributed by atoms with E-state index in [-0.39, 0.29) is 11.3 Å². The number of ether oxygens (including phenoxy) is 1. The first kappa shape index (κ1) is 23.3. The smallest absolute Gasteiger partial charge is 0.336 e. The van der Waals surface area contributed by atoms with Crippen LogP contribution in [0.4, 0.5) is 10.5 Å². The second kappa shape index (κ2) is 9.19. The first-order chi connectivity index (χ1) is 16.2. The summed E-state index contributed by atoms with van der Waals surface area (Å²) in [6, 6.07) is 13.4. The third-order valence-corrected chi connectivity index (χ3v) is 5.92. The van der Waals surface area contributed by atoms with Crippen molar-refractivity contribution in [3.63, 3.8) is 0 Å². The lowest BCUT2D eigenvalue weighted by molar-refractivity contribution is -0.122. The Labute approximate surface area is 202 Å². The highest BCUT2D eigenvalue weighted by molar-refractivity contribution is 6.39. The maximum absolute atomic E-state index is 13.4. The third kappa shape index (κ3) is 4.10. The Morgan fingerprint density at radius 1 is 1.00 bits per heavy atom. The topological polar surface area (TPSA) is 80.6 Å². The van der Waals surface area contributed by atoms with E-state index in [2.05, 4.69) is 5.32 Å². The normalized spacial score (nSPS) is 15.1. The van der Waals surface area contributed by atoms with Gasteiger partial charge >= 0.3 is 6.03 Å². The molecule has 2 heterocycles. The quantitative estimate of drug-likeness (QED) is 0.408. The Morgan fingerprint density at radius 2 is 1.74 bits per heavy atom. The van der Waals surface area contributed by atoms with Crippen LogP contribution >= 0.6 is 11.6 Å². The molecule has 0 radical (unpaired) electrons. The van der Waals surface area contributed by atoms with Gasteiger partial charge in [0.05, 0.1) is 12.3 Å². The van der Waals surface area contributed by atoms with Crippen molar-refractivity contribution in [2.75, 3.05) is 11.5 Å². The summed E-state index contributed by atoms with van der Waals surface area (Å²) in [5.41, 5.74) is 4.49. The fourth-order valence-corrected chi connectivity index (χ4v) is 4.25. The highest BCUT2D eigenvalue weighted by Crippen LogP contribution is 2.32. The van der Waals surface area contributed by atoms with Gasteiger partial charge in [0.1, 0.15) is 11.3 Å². The van der Waals surface area contributed by atoms with Crippen LogP contribution in [0.1, 0.15) is 29.4 Å². The Kier molecular flexibility index (Phi) is 6.30. The number of nitrogens with one attached hydrogen (secondary N) is 1. The lowest BCUT2D eigenvalue weighted by Gasteiger charge is -2.27. The van der Waals surface area contributed by atoms with E-state index in [0.717, 1.165) is 27.5 Å². The van der Waals surface area contributed by atoms with E-state index in [1.807, 2.05) is 49.6 Å². The second-order valence-electron chi connectivity index (χ2n) is 7.95. The molecule has 1 saturated heterocycles. The van der Waals surface area contributed by atoms with Crippen molar-refractivity contribution >= 4 is 41.2 Å². The predicted molar refractivity (Wildman–Crippen MR) is 132 cm³/mol. The van der Waals surface area contributed by atoms with E-state index in [4.69, 9.17) is 16.3 Å². The molecule has 174 valence electrons. The van der Waals surface area contributed by atoms with Crippen molar-refractivity contribution in [1.29, 1.82) is 0 Å². The van der Waals surface area contributed by atoms with Gasteiger partial charge in [-0.2, -0.15) is 0 Å². The van der Waals surface area contributed by atoms with E-state index >= 15 is 0 Å². The van der Waals surface area contributed by atoms with Crippen molar-refractivity contribution < 1.29 is 19.1 Å². The number of carbonyl (C=O) groups excluding carboxylic acids is 3. The highest BCUT2D eigenvalue weighted by Gasteiger charge is 2.38. The molecule has 1 N–H and O–H groups in total. The van der Waals surface area contributed by atoms with Gasteiger partial charge < -0.3 is 9.30 Å². The van der Waals surface area contributed by atoms with Crippen LogP contribution in [-0.4, -0.2) is 29.0 Å². The summed E-state index contributed by atoms with van der Waals surface area (Å²) in [7, 11) is 0. The molecule has 4 amide bonds. The Morgan fingerprint density at radius 3 is 2.47 bits per heavy atom. The Hall–Kier alpha value is -3.84. The summed E-state index contributed by atoms with van der Waals surface area (Å²) in [6.45, 7) is 7.99. The highest BCUT2D eigenvalue weighted by atomic mass is 35.5. The first-order valence-corrected chi connectivity index (χ1v) is 11.2. The van der Waals surface area contributed by atoms with Crippen LogP contribution in [0.3, 0.4) is 0 Å². The molecule has 1 aliphatic rings. The summed E-state index contributed by atoms with van der Waals surface area (Å²) in [6.07, 6.45) is 1.51. The number of anilines is 1. The summed E-state index contributed by atoms with van der Waals surface area (Å²) in [5, 5.41) is 2.87. The molecule has 2 aromatic carbocycles. The monoisotopic (exact) mass is 477 g/mol. The van der Waals surface area contributed by atoms with E-state index in [9.17, 15) is 14.4 Å². The number of urea groups is 1. The molecule has 0 spiro atoms. The molecular formula is C26H24ClN3O4. The van der Waals surface area contributed by atoms with Crippen LogP contribution in [0.15, 0.2) is 54.1 Å². The zero-order chi connectivity index (χ0) is 24.6. The van der Waals surface area contributed by atoms with E-state index in [1.54, 1.807) is 31.2 Å². The number of para-hydroxylation sites is 2. The van der Waals surface area contributed by atoms with Crippen LogP contribution < -0.4 is 15.0 Å². The number of benzene rings is 2. The van der Waals surface area contributed by atoms with Gasteiger partial charge in [-0.3, -0.25) is 14.9 Å². The second-order valence-corrected chi connectivity index (χ2v) is 8.39. The number of imide groups is 2. The van der Waals surface area contributed by atoms with Gasteiger partial charge in [-0.15, -0.1) is 0 Å². The summed E-state index contributed by atoms with van der Waals surface area (Å²) >= 11 is 6.22. The molecule has 0 aliphatic carbocycles. The van der Waals surface area contributed by atoms with E-state index in [1.165, 1.54) is 6.08 Å². The maximum atomic E-state index is 13.4. The third-order valence-electron chi connectivity index (χ3n) is 5.69. The largest absolute Gasteiger partial charge is 0.492 e. The Balaban J connectivity index is 1.79. The molecular weight excluding hydrogens is 454 g/mol. The molecule has 1 fully saturated rings. The maximum Gasteiger partial charge on any atom is 0.336 e. The number of hydrogen-bond donors (Lipinski definition) is 1. The van der Waals surface area contributed by atoms with Gasteiger partial charge in [0.15, 0.2) is 0 Å². The molecule has 4 rings (SSSR count). The zero-order valence-electron chi connectivity index (χ0n) is 19.3. The number of aromatic nitrogens is 1. The number of barbiturate groups is 1. The fourth-order valence-electron chi connectivity index (χ4n) is 4.08. The molecule has 3 aromatic rings. The van der Waals surface area contributed by atoms with Crippen LogP contribution in [0, 0.1) is 20.8 Å². The van der Waals surface area contributed by atoms with Crippen molar-refractivity contribution in [3.8, 4) is 11.4 Å². The van der Waals surface area contributed by atoms with Crippen LogP contribution in [0.25, 0.3) is 11.8 Å². The number of aryl methyl sites for hydroxylation is 2. The van der Waals surface area contributed by atoms with Crippen molar-refractivity contribution in [1.82, 2.24) is 9.88 Å². The predicted octanol–water partition coefficient (Wildman–Crippen LogP) is 5.12. The lowest BCUT2D eigenvalue weighted by atomic mass is 10.1. The molecule has 1 aliphatic heterocycles. The molecule has 7 nitrogen and oxygen atoms in total. The van der Waals surface area contributed by atoms with Crippen LogP contribution in [-0.2, 0) is 9.59 Å².